The number of benzene rings is 2. The molecule has 0 amide bonds. The molecular formula is C12H8BrFNO2STi-. The molecule has 0 aliphatic rings. The van der Waals surface area contributed by atoms with Gasteiger partial charge in [-0.05, 0) is 24.3 Å². The van der Waals surface area contributed by atoms with Crippen molar-refractivity contribution in [3.63, 3.8) is 0 Å². The molecule has 0 saturated carbocycles. The fourth-order valence-electron chi connectivity index (χ4n) is 1.30. The van der Waals surface area contributed by atoms with E-state index in [4.69, 9.17) is 0 Å². The minimum Gasteiger partial charge on any atom is -0.333 e. The second-order valence-corrected chi connectivity index (χ2v) is 6.08. The van der Waals surface area contributed by atoms with Crippen LogP contribution in [-0.4, -0.2) is 8.42 Å². The van der Waals surface area contributed by atoms with Crippen LogP contribution in [-0.2, 0) is 31.7 Å². The Hall–Kier alpha value is -0.686. The van der Waals surface area contributed by atoms with Crippen LogP contribution in [0.25, 0.3) is 0 Å². The Labute approximate surface area is 134 Å². The molecule has 0 aliphatic carbocycles. The van der Waals surface area contributed by atoms with Gasteiger partial charge >= 0.3 is 0 Å². The van der Waals surface area contributed by atoms with Crippen LogP contribution in [0.2, 0.25) is 0 Å². The van der Waals surface area contributed by atoms with Crippen molar-refractivity contribution >= 4 is 31.6 Å². The van der Waals surface area contributed by atoms with E-state index in [0.717, 1.165) is 10.5 Å². The number of halogens is 2. The molecule has 0 saturated heterocycles. The topological polar surface area (TPSA) is 46.2 Å². The molecule has 3 nitrogen and oxygen atoms in total. The summed E-state index contributed by atoms with van der Waals surface area (Å²) in [7, 11) is -3.66. The van der Waals surface area contributed by atoms with Crippen molar-refractivity contribution in [2.45, 2.75) is 4.90 Å². The maximum absolute atomic E-state index is 12.6. The molecule has 0 heterocycles. The Bertz CT molecular complexity index is 644. The third-order valence-electron chi connectivity index (χ3n) is 2.15. The molecule has 0 aromatic heterocycles. The van der Waals surface area contributed by atoms with E-state index in [1.165, 1.54) is 24.3 Å². The van der Waals surface area contributed by atoms with Gasteiger partial charge in [-0.15, -0.1) is 18.2 Å². The van der Waals surface area contributed by atoms with Gasteiger partial charge in [0.2, 0.25) is 0 Å². The summed E-state index contributed by atoms with van der Waals surface area (Å²) in [5.74, 6) is -0.540. The van der Waals surface area contributed by atoms with Crippen molar-refractivity contribution in [2.75, 3.05) is 4.72 Å². The molecule has 0 aliphatic heterocycles. The Balaban J connectivity index is 0.00000180. The van der Waals surface area contributed by atoms with E-state index < -0.39 is 15.8 Å². The van der Waals surface area contributed by atoms with Crippen LogP contribution in [0, 0.1) is 11.9 Å². The summed E-state index contributed by atoms with van der Waals surface area (Å²) in [5.41, 5.74) is 0.263. The first-order valence-electron chi connectivity index (χ1n) is 4.93. The normalized spacial score (nSPS) is 10.6. The molecule has 0 fully saturated rings. The molecule has 98 valence electrons. The summed E-state index contributed by atoms with van der Waals surface area (Å²) >= 11 is 3.23. The molecule has 2 aromatic rings. The minimum atomic E-state index is -3.66. The van der Waals surface area contributed by atoms with Gasteiger partial charge in [0.05, 0.1) is 4.90 Å². The zero-order valence-electron chi connectivity index (χ0n) is 9.52. The van der Waals surface area contributed by atoms with E-state index >= 15 is 0 Å². The summed E-state index contributed by atoms with van der Waals surface area (Å²) in [6, 6.07) is 12.2. The number of hydrogen-bond acceptors (Lipinski definition) is 2. The molecule has 19 heavy (non-hydrogen) atoms. The Morgan fingerprint density at radius 3 is 2.26 bits per heavy atom. The average Bonchev–Trinajstić information content (AvgIpc) is 2.32. The van der Waals surface area contributed by atoms with Gasteiger partial charge in [-0.3, -0.25) is 0 Å². The molecular weight excluding hydrogens is 369 g/mol. The third-order valence-corrected chi connectivity index (χ3v) is 4.08. The smallest absolute Gasteiger partial charge is 0.251 e. The van der Waals surface area contributed by atoms with E-state index in [2.05, 4.69) is 26.7 Å². The quantitative estimate of drug-likeness (QED) is 0.660. The number of hydrogen-bond donors (Lipinski definition) is 1. The van der Waals surface area contributed by atoms with Crippen LogP contribution >= 0.6 is 15.9 Å². The Kier molecular flexibility index (Phi) is 5.73. The van der Waals surface area contributed by atoms with E-state index in [0.29, 0.717) is 0 Å². The molecule has 0 bridgehead atoms. The zero-order valence-corrected chi connectivity index (χ0v) is 13.5. The van der Waals surface area contributed by atoms with E-state index in [9.17, 15) is 12.8 Å². The van der Waals surface area contributed by atoms with E-state index in [-0.39, 0.29) is 32.3 Å². The van der Waals surface area contributed by atoms with E-state index in [1.54, 1.807) is 12.1 Å². The summed E-state index contributed by atoms with van der Waals surface area (Å²) in [6.45, 7) is 0. The SMILES string of the molecule is O=S(=O)(Nc1c[c-]c(F)cc1)c1ccc(Br)cc1.[Ti]. The number of sulfonamides is 1. The van der Waals surface area contributed by atoms with Gasteiger partial charge in [-0.25, -0.2) is 12.8 Å². The minimum absolute atomic E-state index is 0. The van der Waals surface area contributed by atoms with E-state index in [1.807, 2.05) is 0 Å². The van der Waals surface area contributed by atoms with Crippen molar-refractivity contribution in [2.24, 2.45) is 0 Å². The van der Waals surface area contributed by atoms with Crippen molar-refractivity contribution in [1.29, 1.82) is 0 Å². The van der Waals surface area contributed by atoms with Gasteiger partial charge in [-0.2, -0.15) is 6.07 Å². The first-order chi connectivity index (χ1) is 8.47. The second kappa shape index (κ2) is 6.66. The monoisotopic (exact) mass is 376 g/mol. The average molecular weight is 377 g/mol. The van der Waals surface area contributed by atoms with Crippen LogP contribution in [0.4, 0.5) is 10.1 Å². The maximum atomic E-state index is 12.6. The van der Waals surface area contributed by atoms with Gasteiger partial charge < -0.3 is 4.72 Å². The van der Waals surface area contributed by atoms with Crippen LogP contribution in [0.3, 0.4) is 0 Å². The van der Waals surface area contributed by atoms with Crippen molar-refractivity contribution in [3.05, 3.63) is 58.8 Å². The number of nitrogens with one attached hydrogen (secondary N) is 1. The number of rotatable bonds is 3. The predicted octanol–water partition coefficient (Wildman–Crippen LogP) is 3.19. The molecule has 0 atom stereocenters. The van der Waals surface area contributed by atoms with Crippen molar-refractivity contribution < 1.29 is 34.5 Å². The summed E-state index contributed by atoms with van der Waals surface area (Å²) < 4.78 is 39.7. The van der Waals surface area contributed by atoms with Gasteiger partial charge in [0.1, 0.15) is 0 Å². The summed E-state index contributed by atoms with van der Waals surface area (Å²) in [6.07, 6.45) is 0. The van der Waals surface area contributed by atoms with Crippen LogP contribution in [0.15, 0.2) is 51.8 Å². The maximum Gasteiger partial charge on any atom is 0.251 e. The summed E-state index contributed by atoms with van der Waals surface area (Å²) in [5, 5.41) is 0. The van der Waals surface area contributed by atoms with Gasteiger partial charge in [0.25, 0.3) is 10.0 Å². The van der Waals surface area contributed by atoms with Crippen molar-refractivity contribution in [3.8, 4) is 0 Å². The first-order valence-corrected chi connectivity index (χ1v) is 7.21. The fraction of sp³-hybridized carbons (Fsp3) is 0. The first kappa shape index (κ1) is 16.4. The number of anilines is 1. The molecule has 7 heteroatoms. The Morgan fingerprint density at radius 2 is 1.74 bits per heavy atom. The van der Waals surface area contributed by atoms with Gasteiger partial charge in [0, 0.05) is 32.0 Å². The van der Waals surface area contributed by atoms with Crippen LogP contribution in [0.5, 0.6) is 0 Å². The Morgan fingerprint density at radius 1 is 1.11 bits per heavy atom. The largest absolute Gasteiger partial charge is 0.333 e. The molecule has 0 radical (unpaired) electrons. The predicted molar refractivity (Wildman–Crippen MR) is 70.2 cm³/mol. The standard InChI is InChI=1S/C12H8BrFNO2S.Ti/c13-9-1-7-12(8-2-9)18(16,17)15-11-5-3-10(14)4-6-11;/h1-3,5-8,15H;/q-1;. The van der Waals surface area contributed by atoms with Crippen LogP contribution in [0.1, 0.15) is 0 Å². The summed E-state index contributed by atoms with van der Waals surface area (Å²) in [4.78, 5) is 0.134. The molecule has 0 spiro atoms. The fourth-order valence-corrected chi connectivity index (χ4v) is 2.61. The molecule has 2 rings (SSSR count). The van der Waals surface area contributed by atoms with Gasteiger partial charge in [-0.1, -0.05) is 21.6 Å². The van der Waals surface area contributed by atoms with Gasteiger partial charge in [0.15, 0.2) is 0 Å². The van der Waals surface area contributed by atoms with Crippen molar-refractivity contribution in [1.82, 2.24) is 0 Å². The molecule has 0 unspecified atom stereocenters. The molecule has 2 aromatic carbocycles. The third kappa shape index (κ3) is 4.42. The zero-order chi connectivity index (χ0) is 13.2. The second-order valence-electron chi connectivity index (χ2n) is 3.48. The molecule has 1 N–H and O–H groups in total. The van der Waals surface area contributed by atoms with Crippen LogP contribution < -0.4 is 4.72 Å².